The summed E-state index contributed by atoms with van der Waals surface area (Å²) in [7, 11) is 0. The van der Waals surface area contributed by atoms with Gasteiger partial charge in [-0.3, -0.25) is 0 Å². The predicted molar refractivity (Wildman–Crippen MR) is 101 cm³/mol. The molecule has 3 rings (SSSR count). The number of hydrogen-bond donors (Lipinski definition) is 2. The number of nitrogens with one attached hydrogen (secondary N) is 2. The normalized spacial score (nSPS) is 11.9. The van der Waals surface area contributed by atoms with E-state index in [0.29, 0.717) is 5.11 Å². The van der Waals surface area contributed by atoms with Gasteiger partial charge in [-0.05, 0) is 41.0 Å². The first kappa shape index (κ1) is 15.5. The fourth-order valence-electron chi connectivity index (χ4n) is 2.73. The van der Waals surface area contributed by atoms with E-state index >= 15 is 0 Å². The van der Waals surface area contributed by atoms with Gasteiger partial charge in [0.05, 0.1) is 6.04 Å². The van der Waals surface area contributed by atoms with Crippen LogP contribution in [0.15, 0.2) is 72.8 Å². The first-order valence-corrected chi connectivity index (χ1v) is 8.21. The van der Waals surface area contributed by atoms with Gasteiger partial charge in [0.25, 0.3) is 0 Å². The van der Waals surface area contributed by atoms with Gasteiger partial charge in [-0.25, -0.2) is 0 Å². The highest BCUT2D eigenvalue weighted by atomic mass is 32.1. The molecule has 2 nitrogen and oxygen atoms in total. The summed E-state index contributed by atoms with van der Waals surface area (Å²) in [6.45, 7) is 2.87. The van der Waals surface area contributed by atoms with Gasteiger partial charge in [0.15, 0.2) is 5.11 Å². The van der Waals surface area contributed by atoms with Crippen LogP contribution in [0.1, 0.15) is 24.1 Å². The van der Waals surface area contributed by atoms with Crippen LogP contribution in [0.4, 0.5) is 0 Å². The highest BCUT2D eigenvalue weighted by Gasteiger charge is 2.10. The van der Waals surface area contributed by atoms with Crippen molar-refractivity contribution in [1.82, 2.24) is 10.6 Å². The molecule has 23 heavy (non-hydrogen) atoms. The third kappa shape index (κ3) is 3.88. The highest BCUT2D eigenvalue weighted by Crippen LogP contribution is 2.23. The third-order valence-corrected chi connectivity index (χ3v) is 4.20. The average molecular weight is 320 g/mol. The maximum atomic E-state index is 5.43. The van der Waals surface area contributed by atoms with Crippen molar-refractivity contribution in [2.75, 3.05) is 0 Å². The Morgan fingerprint density at radius 1 is 0.913 bits per heavy atom. The third-order valence-electron chi connectivity index (χ3n) is 3.93. The minimum absolute atomic E-state index is 0.150. The molecular formula is C20H20N2S. The van der Waals surface area contributed by atoms with E-state index in [0.717, 1.165) is 6.54 Å². The van der Waals surface area contributed by atoms with Crippen LogP contribution in [-0.2, 0) is 6.54 Å². The van der Waals surface area contributed by atoms with Gasteiger partial charge in [-0.15, -0.1) is 0 Å². The second kappa shape index (κ2) is 7.25. The molecule has 0 saturated carbocycles. The van der Waals surface area contributed by atoms with Crippen LogP contribution in [0, 0.1) is 0 Å². The van der Waals surface area contributed by atoms with Crippen molar-refractivity contribution in [3.8, 4) is 0 Å². The van der Waals surface area contributed by atoms with Crippen LogP contribution >= 0.6 is 12.2 Å². The van der Waals surface area contributed by atoms with E-state index in [1.54, 1.807) is 0 Å². The fourth-order valence-corrected chi connectivity index (χ4v) is 2.98. The molecule has 0 aliphatic rings. The molecule has 0 heterocycles. The van der Waals surface area contributed by atoms with Crippen LogP contribution in [0.3, 0.4) is 0 Å². The maximum Gasteiger partial charge on any atom is 0.167 e. The van der Waals surface area contributed by atoms with Crippen molar-refractivity contribution >= 4 is 28.1 Å². The highest BCUT2D eigenvalue weighted by molar-refractivity contribution is 7.80. The molecule has 0 unspecified atom stereocenters. The zero-order valence-corrected chi connectivity index (χ0v) is 13.9. The summed E-state index contributed by atoms with van der Waals surface area (Å²) in [4.78, 5) is 0. The van der Waals surface area contributed by atoms with E-state index in [4.69, 9.17) is 12.2 Å². The minimum Gasteiger partial charge on any atom is -0.359 e. The summed E-state index contributed by atoms with van der Waals surface area (Å²) in [6, 6.07) is 25.2. The summed E-state index contributed by atoms with van der Waals surface area (Å²) >= 11 is 5.43. The Morgan fingerprint density at radius 3 is 2.43 bits per heavy atom. The van der Waals surface area contributed by atoms with Gasteiger partial charge < -0.3 is 10.6 Å². The lowest BCUT2D eigenvalue weighted by atomic mass is 10.00. The number of rotatable bonds is 4. The molecule has 0 bridgehead atoms. The molecule has 0 aromatic heterocycles. The molecule has 0 aliphatic carbocycles. The quantitative estimate of drug-likeness (QED) is 0.689. The zero-order valence-electron chi connectivity index (χ0n) is 13.1. The molecular weight excluding hydrogens is 300 g/mol. The Balaban J connectivity index is 1.66. The van der Waals surface area contributed by atoms with E-state index in [1.165, 1.54) is 21.9 Å². The van der Waals surface area contributed by atoms with E-state index < -0.39 is 0 Å². The lowest BCUT2D eigenvalue weighted by Gasteiger charge is -2.19. The Labute approximate surface area is 142 Å². The monoisotopic (exact) mass is 320 g/mol. The van der Waals surface area contributed by atoms with Crippen LogP contribution < -0.4 is 10.6 Å². The van der Waals surface area contributed by atoms with Crippen LogP contribution in [-0.4, -0.2) is 5.11 Å². The van der Waals surface area contributed by atoms with Gasteiger partial charge >= 0.3 is 0 Å². The smallest absolute Gasteiger partial charge is 0.167 e. The van der Waals surface area contributed by atoms with Gasteiger partial charge in [0.2, 0.25) is 0 Å². The lowest BCUT2D eigenvalue weighted by molar-refractivity contribution is 0.703. The molecule has 0 spiro atoms. The average Bonchev–Trinajstić information content (AvgIpc) is 2.60. The van der Waals surface area contributed by atoms with Gasteiger partial charge in [0.1, 0.15) is 0 Å². The first-order valence-electron chi connectivity index (χ1n) is 7.80. The molecule has 3 aromatic carbocycles. The zero-order chi connectivity index (χ0) is 16.1. The fraction of sp³-hybridized carbons (Fsp3) is 0.150. The van der Waals surface area contributed by atoms with Crippen molar-refractivity contribution in [1.29, 1.82) is 0 Å². The second-order valence-electron chi connectivity index (χ2n) is 5.60. The maximum absolute atomic E-state index is 5.43. The molecule has 116 valence electrons. The van der Waals surface area contributed by atoms with Crippen molar-refractivity contribution in [2.45, 2.75) is 19.5 Å². The van der Waals surface area contributed by atoms with Crippen molar-refractivity contribution in [2.24, 2.45) is 0 Å². The summed E-state index contributed by atoms with van der Waals surface area (Å²) in [5.41, 5.74) is 2.47. The SMILES string of the molecule is C[C@@H](NC(=S)NCc1ccccc1)c1cccc2ccccc12. The predicted octanol–water partition coefficient (Wildman–Crippen LogP) is 4.57. The summed E-state index contributed by atoms with van der Waals surface area (Å²) < 4.78 is 0. The summed E-state index contributed by atoms with van der Waals surface area (Å²) in [5, 5.41) is 9.84. The lowest BCUT2D eigenvalue weighted by Crippen LogP contribution is -2.36. The van der Waals surface area contributed by atoms with Gasteiger partial charge in [-0.1, -0.05) is 72.8 Å². The summed E-state index contributed by atoms with van der Waals surface area (Å²) in [5.74, 6) is 0. The van der Waals surface area contributed by atoms with E-state index in [2.05, 4.69) is 72.2 Å². The second-order valence-corrected chi connectivity index (χ2v) is 6.01. The summed E-state index contributed by atoms with van der Waals surface area (Å²) in [6.07, 6.45) is 0. The molecule has 1 atom stereocenters. The molecule has 3 heteroatoms. The molecule has 3 aromatic rings. The Morgan fingerprint density at radius 2 is 1.61 bits per heavy atom. The van der Waals surface area contributed by atoms with Crippen LogP contribution in [0.25, 0.3) is 10.8 Å². The Kier molecular flexibility index (Phi) is 4.89. The molecule has 0 aliphatic heterocycles. The molecule has 0 radical (unpaired) electrons. The molecule has 2 N–H and O–H groups in total. The van der Waals surface area contributed by atoms with Gasteiger partial charge in [-0.2, -0.15) is 0 Å². The van der Waals surface area contributed by atoms with E-state index in [-0.39, 0.29) is 6.04 Å². The van der Waals surface area contributed by atoms with Crippen molar-refractivity contribution in [3.63, 3.8) is 0 Å². The number of hydrogen-bond acceptors (Lipinski definition) is 1. The largest absolute Gasteiger partial charge is 0.359 e. The van der Waals surface area contributed by atoms with E-state index in [9.17, 15) is 0 Å². The topological polar surface area (TPSA) is 24.1 Å². The number of fused-ring (bicyclic) bond motifs is 1. The van der Waals surface area contributed by atoms with E-state index in [1.807, 2.05) is 18.2 Å². The Hall–Kier alpha value is -2.39. The molecule has 0 saturated heterocycles. The van der Waals surface area contributed by atoms with Crippen LogP contribution in [0.5, 0.6) is 0 Å². The standard InChI is InChI=1S/C20H20N2S/c1-15(18-13-7-11-17-10-5-6-12-19(17)18)22-20(23)21-14-16-8-3-2-4-9-16/h2-13,15H,14H2,1H3,(H2,21,22,23)/t15-/m1/s1. The number of thiocarbonyl (C=S) groups is 1. The van der Waals surface area contributed by atoms with Gasteiger partial charge in [0, 0.05) is 6.54 Å². The molecule has 0 amide bonds. The van der Waals surface area contributed by atoms with Crippen molar-refractivity contribution in [3.05, 3.63) is 83.9 Å². The minimum atomic E-state index is 0.150. The van der Waals surface area contributed by atoms with Crippen molar-refractivity contribution < 1.29 is 0 Å². The first-order chi connectivity index (χ1) is 11.2. The number of benzene rings is 3. The molecule has 0 fully saturated rings. The Bertz CT molecular complexity index is 794. The van der Waals surface area contributed by atoms with Crippen LogP contribution in [0.2, 0.25) is 0 Å².